The number of hydrogen-bond donors (Lipinski definition) is 0. The number of benzene rings is 1. The summed E-state index contributed by atoms with van der Waals surface area (Å²) < 4.78 is 27.1. The summed E-state index contributed by atoms with van der Waals surface area (Å²) in [4.78, 5) is 2.26. The van der Waals surface area contributed by atoms with E-state index in [1.54, 1.807) is 6.07 Å². The maximum atomic E-state index is 13.7. The van der Waals surface area contributed by atoms with Crippen LogP contribution in [0.25, 0.3) is 0 Å². The molecule has 2 atom stereocenters. The highest BCUT2D eigenvalue weighted by Crippen LogP contribution is 2.41. The molecule has 1 fully saturated rings. The molecule has 2 aliphatic rings. The minimum absolute atomic E-state index is 0.322. The van der Waals surface area contributed by atoms with Gasteiger partial charge in [0.15, 0.2) is 0 Å². The number of nitrogens with zero attached hydrogens (tertiary/aromatic N) is 1. The summed E-state index contributed by atoms with van der Waals surface area (Å²) >= 11 is 0. The van der Waals surface area contributed by atoms with Gasteiger partial charge < -0.3 is 4.90 Å². The molecule has 1 heterocycles. The average Bonchev–Trinajstić information content (AvgIpc) is 2.28. The standard InChI is InChI=1S/C14H17F2N/c1-17-5-4-9-2-3-11-12(13(9)8-17)6-10(15)7-14(11)16/h6-7,9,13H,2-5,8H2,1H3/t9-,13-/m0/s1. The molecule has 92 valence electrons. The van der Waals surface area contributed by atoms with Crippen LogP contribution in [0.2, 0.25) is 0 Å². The normalized spacial score (nSPS) is 28.6. The summed E-state index contributed by atoms with van der Waals surface area (Å²) in [6.45, 7) is 2.04. The van der Waals surface area contributed by atoms with Gasteiger partial charge in [0.05, 0.1) is 0 Å². The summed E-state index contributed by atoms with van der Waals surface area (Å²) in [5.74, 6) is 0.143. The van der Waals surface area contributed by atoms with Crippen molar-refractivity contribution in [3.63, 3.8) is 0 Å². The molecule has 0 amide bonds. The number of halogens is 2. The second-order valence-electron chi connectivity index (χ2n) is 5.41. The van der Waals surface area contributed by atoms with Gasteiger partial charge in [0.2, 0.25) is 0 Å². The summed E-state index contributed by atoms with van der Waals surface area (Å²) in [6.07, 6.45) is 2.97. The zero-order chi connectivity index (χ0) is 12.0. The van der Waals surface area contributed by atoms with Gasteiger partial charge in [0.1, 0.15) is 11.6 Å². The third-order valence-corrected chi connectivity index (χ3v) is 4.32. The molecule has 1 aromatic rings. The van der Waals surface area contributed by atoms with E-state index in [0.717, 1.165) is 49.5 Å². The maximum Gasteiger partial charge on any atom is 0.129 e. The lowest BCUT2D eigenvalue weighted by molar-refractivity contribution is 0.172. The van der Waals surface area contributed by atoms with E-state index in [-0.39, 0.29) is 5.82 Å². The van der Waals surface area contributed by atoms with Crippen LogP contribution in [0.3, 0.4) is 0 Å². The molecular weight excluding hydrogens is 220 g/mol. The van der Waals surface area contributed by atoms with Crippen LogP contribution in [0.4, 0.5) is 8.78 Å². The Morgan fingerprint density at radius 2 is 2.06 bits per heavy atom. The van der Waals surface area contributed by atoms with E-state index >= 15 is 0 Å². The molecule has 0 spiro atoms. The van der Waals surface area contributed by atoms with E-state index in [0.29, 0.717) is 11.8 Å². The van der Waals surface area contributed by atoms with E-state index in [4.69, 9.17) is 0 Å². The van der Waals surface area contributed by atoms with Crippen LogP contribution in [0.1, 0.15) is 29.9 Å². The predicted molar refractivity (Wildman–Crippen MR) is 63.0 cm³/mol. The van der Waals surface area contributed by atoms with Gasteiger partial charge >= 0.3 is 0 Å². The molecular formula is C14H17F2N. The lowest BCUT2D eigenvalue weighted by Gasteiger charge is -2.41. The number of fused-ring (bicyclic) bond motifs is 3. The van der Waals surface area contributed by atoms with Gasteiger partial charge in [0.25, 0.3) is 0 Å². The van der Waals surface area contributed by atoms with Crippen LogP contribution >= 0.6 is 0 Å². The molecule has 0 radical (unpaired) electrons. The van der Waals surface area contributed by atoms with Crippen LogP contribution in [0, 0.1) is 17.6 Å². The number of likely N-dealkylation sites (tertiary alicyclic amines) is 1. The largest absolute Gasteiger partial charge is 0.306 e. The van der Waals surface area contributed by atoms with Crippen molar-refractivity contribution in [2.75, 3.05) is 20.1 Å². The van der Waals surface area contributed by atoms with E-state index in [1.807, 2.05) is 0 Å². The van der Waals surface area contributed by atoms with Crippen LogP contribution in [-0.2, 0) is 6.42 Å². The lowest BCUT2D eigenvalue weighted by Crippen LogP contribution is -2.39. The van der Waals surface area contributed by atoms with Crippen molar-refractivity contribution >= 4 is 0 Å². The molecule has 1 aliphatic heterocycles. The van der Waals surface area contributed by atoms with Crippen molar-refractivity contribution < 1.29 is 8.78 Å². The van der Waals surface area contributed by atoms with Crippen LogP contribution in [0.15, 0.2) is 12.1 Å². The first-order valence-electron chi connectivity index (χ1n) is 6.31. The van der Waals surface area contributed by atoms with Crippen molar-refractivity contribution in [3.8, 4) is 0 Å². The second kappa shape index (κ2) is 4.05. The quantitative estimate of drug-likeness (QED) is 0.670. The number of rotatable bonds is 0. The summed E-state index contributed by atoms with van der Waals surface area (Å²) in [5.41, 5.74) is 1.67. The maximum absolute atomic E-state index is 13.7. The van der Waals surface area contributed by atoms with Gasteiger partial charge in [-0.25, -0.2) is 8.78 Å². The lowest BCUT2D eigenvalue weighted by atomic mass is 9.71. The molecule has 0 N–H and O–H groups in total. The van der Waals surface area contributed by atoms with E-state index in [9.17, 15) is 8.78 Å². The summed E-state index contributed by atoms with van der Waals surface area (Å²) in [6, 6.07) is 2.57. The highest BCUT2D eigenvalue weighted by Gasteiger charge is 2.34. The zero-order valence-electron chi connectivity index (χ0n) is 10.0. The first kappa shape index (κ1) is 11.1. The van der Waals surface area contributed by atoms with Crippen molar-refractivity contribution in [2.24, 2.45) is 5.92 Å². The van der Waals surface area contributed by atoms with Crippen molar-refractivity contribution in [1.82, 2.24) is 4.90 Å². The smallest absolute Gasteiger partial charge is 0.129 e. The first-order chi connectivity index (χ1) is 8.15. The summed E-state index contributed by atoms with van der Waals surface area (Å²) in [7, 11) is 2.08. The molecule has 0 unspecified atom stereocenters. The zero-order valence-corrected chi connectivity index (χ0v) is 10.0. The third kappa shape index (κ3) is 1.86. The summed E-state index contributed by atoms with van der Waals surface area (Å²) in [5, 5.41) is 0. The topological polar surface area (TPSA) is 3.24 Å². The van der Waals surface area contributed by atoms with E-state index < -0.39 is 5.82 Å². The van der Waals surface area contributed by atoms with Crippen molar-refractivity contribution in [1.29, 1.82) is 0 Å². The molecule has 17 heavy (non-hydrogen) atoms. The fraction of sp³-hybridized carbons (Fsp3) is 0.571. The molecule has 0 aromatic heterocycles. The Hall–Kier alpha value is -0.960. The Morgan fingerprint density at radius 3 is 2.88 bits per heavy atom. The van der Waals surface area contributed by atoms with Gasteiger partial charge in [-0.2, -0.15) is 0 Å². The van der Waals surface area contributed by atoms with Gasteiger partial charge in [-0.15, -0.1) is 0 Å². The highest BCUT2D eigenvalue weighted by molar-refractivity contribution is 5.36. The first-order valence-corrected chi connectivity index (χ1v) is 6.31. The fourth-order valence-corrected chi connectivity index (χ4v) is 3.41. The Bertz CT molecular complexity index is 444. The fourth-order valence-electron chi connectivity index (χ4n) is 3.41. The van der Waals surface area contributed by atoms with Gasteiger partial charge in [-0.3, -0.25) is 0 Å². The molecule has 0 saturated carbocycles. The Balaban J connectivity index is 2.04. The second-order valence-corrected chi connectivity index (χ2v) is 5.41. The SMILES string of the molecule is CN1CC[C@@H]2CCc3c(F)cc(F)cc3[C@H]2C1. The van der Waals surface area contributed by atoms with Gasteiger partial charge in [-0.1, -0.05) is 0 Å². The number of likely N-dealkylation sites (N-methyl/N-ethyl adjacent to an activating group) is 1. The van der Waals surface area contributed by atoms with Gasteiger partial charge in [-0.05, 0) is 61.9 Å². The number of piperidine rings is 1. The molecule has 1 nitrogen and oxygen atoms in total. The monoisotopic (exact) mass is 237 g/mol. The van der Waals surface area contributed by atoms with Gasteiger partial charge in [0, 0.05) is 12.6 Å². The predicted octanol–water partition coefficient (Wildman–Crippen LogP) is 2.95. The van der Waals surface area contributed by atoms with Crippen LogP contribution in [0.5, 0.6) is 0 Å². The Labute approximate surface area is 100 Å². The third-order valence-electron chi connectivity index (χ3n) is 4.32. The van der Waals surface area contributed by atoms with E-state index in [2.05, 4.69) is 11.9 Å². The van der Waals surface area contributed by atoms with Crippen LogP contribution in [-0.4, -0.2) is 25.0 Å². The molecule has 3 heteroatoms. The van der Waals surface area contributed by atoms with Crippen LogP contribution < -0.4 is 0 Å². The molecule has 3 rings (SSSR count). The molecule has 1 aliphatic carbocycles. The minimum Gasteiger partial charge on any atom is -0.306 e. The highest BCUT2D eigenvalue weighted by atomic mass is 19.1. The molecule has 1 saturated heterocycles. The molecule has 0 bridgehead atoms. The molecule has 1 aromatic carbocycles. The Kier molecular flexibility index (Phi) is 2.66. The van der Waals surface area contributed by atoms with E-state index in [1.165, 1.54) is 0 Å². The number of hydrogen-bond acceptors (Lipinski definition) is 1. The van der Waals surface area contributed by atoms with Crippen molar-refractivity contribution in [3.05, 3.63) is 34.9 Å². The average molecular weight is 237 g/mol. The van der Waals surface area contributed by atoms with Crippen molar-refractivity contribution in [2.45, 2.75) is 25.2 Å². The Morgan fingerprint density at radius 1 is 1.24 bits per heavy atom. The minimum atomic E-state index is -0.435.